The fourth-order valence-electron chi connectivity index (χ4n) is 5.09. The molecule has 1 amide bonds. The molecular weight excluding hydrogens is 550 g/mol. The van der Waals surface area contributed by atoms with E-state index in [1.54, 1.807) is 19.2 Å². The number of fused-ring (bicyclic) bond motifs is 1. The average molecular weight is 587 g/mol. The second-order valence-electron chi connectivity index (χ2n) is 10.5. The van der Waals surface area contributed by atoms with Gasteiger partial charge in [0, 0.05) is 31.3 Å². The first-order chi connectivity index (χ1) is 19.6. The van der Waals surface area contributed by atoms with Crippen LogP contribution in [-0.2, 0) is 39.6 Å². The number of methoxy groups -OCH3 is 1. The van der Waals surface area contributed by atoms with Gasteiger partial charge in [-0.15, -0.1) is 0 Å². The van der Waals surface area contributed by atoms with Crippen molar-refractivity contribution in [1.82, 2.24) is 10.6 Å². The summed E-state index contributed by atoms with van der Waals surface area (Å²) in [4.78, 5) is 13.1. The van der Waals surface area contributed by atoms with E-state index in [1.807, 2.05) is 37.3 Å². The van der Waals surface area contributed by atoms with Crippen molar-refractivity contribution < 1.29 is 31.8 Å². The molecule has 0 fully saturated rings. The van der Waals surface area contributed by atoms with E-state index >= 15 is 0 Å². The first kappa shape index (κ1) is 30.8. The summed E-state index contributed by atoms with van der Waals surface area (Å²) in [6.45, 7) is 2.50. The molecule has 3 atom stereocenters. The number of rotatable bonds is 12. The number of carbonyl (C=O) groups excluding carboxylic acids is 1. The number of halogens is 2. The van der Waals surface area contributed by atoms with Gasteiger partial charge in [0.15, 0.2) is 9.84 Å². The molecule has 220 valence electrons. The number of amides is 1. The smallest absolute Gasteiger partial charge is 0.251 e. The monoisotopic (exact) mass is 586 g/mol. The Bertz CT molecular complexity index is 1440. The summed E-state index contributed by atoms with van der Waals surface area (Å²) in [6, 6.07) is 14.3. The molecule has 3 N–H and O–H groups in total. The van der Waals surface area contributed by atoms with Gasteiger partial charge in [-0.1, -0.05) is 37.3 Å². The van der Waals surface area contributed by atoms with Crippen LogP contribution in [0.25, 0.3) is 0 Å². The van der Waals surface area contributed by atoms with Crippen molar-refractivity contribution in [2.24, 2.45) is 0 Å². The fraction of sp³-hybridized carbons (Fsp3) is 0.387. The third kappa shape index (κ3) is 8.42. The van der Waals surface area contributed by atoms with E-state index in [4.69, 9.17) is 4.74 Å². The van der Waals surface area contributed by atoms with Gasteiger partial charge in [-0.2, -0.15) is 0 Å². The number of hydrogen-bond acceptors (Lipinski definition) is 6. The van der Waals surface area contributed by atoms with E-state index < -0.39 is 45.6 Å². The Morgan fingerprint density at radius 2 is 1.71 bits per heavy atom. The van der Waals surface area contributed by atoms with Crippen LogP contribution in [-0.4, -0.2) is 57.6 Å². The predicted octanol–water partition coefficient (Wildman–Crippen LogP) is 3.68. The third-order valence-corrected chi connectivity index (χ3v) is 8.93. The van der Waals surface area contributed by atoms with Crippen LogP contribution in [0.1, 0.15) is 51.1 Å². The largest absolute Gasteiger partial charge is 0.390 e. The molecule has 0 saturated carbocycles. The Kier molecular flexibility index (Phi) is 10.2. The third-order valence-electron chi connectivity index (χ3n) is 7.33. The first-order valence-corrected chi connectivity index (χ1v) is 15.5. The van der Waals surface area contributed by atoms with E-state index in [9.17, 15) is 27.1 Å². The zero-order chi connectivity index (χ0) is 29.6. The molecule has 0 bridgehead atoms. The Labute approximate surface area is 239 Å². The van der Waals surface area contributed by atoms with Crippen LogP contribution < -0.4 is 10.6 Å². The van der Waals surface area contributed by atoms with Gasteiger partial charge in [-0.3, -0.25) is 4.79 Å². The first-order valence-electron chi connectivity index (χ1n) is 13.6. The summed E-state index contributed by atoms with van der Waals surface area (Å²) in [6.07, 6.45) is 0.236. The Hall–Kier alpha value is -3.18. The minimum Gasteiger partial charge on any atom is -0.390 e. The number of nitrogens with one attached hydrogen (secondary N) is 2. The number of ether oxygens (including phenoxy) is 1. The molecule has 0 saturated heterocycles. The average Bonchev–Trinajstić information content (AvgIpc) is 2.93. The maximum atomic E-state index is 13.9. The highest BCUT2D eigenvalue weighted by molar-refractivity contribution is 7.90. The van der Waals surface area contributed by atoms with Gasteiger partial charge in [-0.25, -0.2) is 17.2 Å². The molecule has 0 radical (unpaired) electrons. The lowest BCUT2D eigenvalue weighted by Gasteiger charge is -2.30. The molecule has 0 aliphatic carbocycles. The predicted molar refractivity (Wildman–Crippen MR) is 153 cm³/mol. The normalized spacial score (nSPS) is 17.4. The molecule has 0 spiro atoms. The number of sulfone groups is 1. The van der Waals surface area contributed by atoms with Gasteiger partial charge in [0.25, 0.3) is 5.91 Å². The van der Waals surface area contributed by atoms with Crippen LogP contribution in [0.3, 0.4) is 0 Å². The van der Waals surface area contributed by atoms with Gasteiger partial charge < -0.3 is 20.5 Å². The fourth-order valence-corrected chi connectivity index (χ4v) is 6.75. The van der Waals surface area contributed by atoms with E-state index in [2.05, 4.69) is 10.6 Å². The zero-order valence-electron chi connectivity index (χ0n) is 23.2. The lowest BCUT2D eigenvalue weighted by molar-refractivity contribution is 0.0825. The summed E-state index contributed by atoms with van der Waals surface area (Å²) in [5.74, 6) is -2.15. The highest BCUT2D eigenvalue weighted by Gasteiger charge is 2.31. The molecule has 1 aliphatic rings. The maximum absolute atomic E-state index is 13.9. The topological polar surface area (TPSA) is 105 Å². The molecule has 7 nitrogen and oxygen atoms in total. The molecule has 41 heavy (non-hydrogen) atoms. The zero-order valence-corrected chi connectivity index (χ0v) is 24.0. The number of hydrogen-bond donors (Lipinski definition) is 3. The van der Waals surface area contributed by atoms with Crippen molar-refractivity contribution in [3.05, 3.63) is 106 Å². The lowest BCUT2D eigenvalue weighted by atomic mass is 9.96. The SMILES string of the molecule is CCc1ccc2c(c1)[C@H](NC[C@H](O)[C@@H](Cc1cc(F)cc(F)c1)NC(=O)c1ccc(CCOC)cc1)CS(=O)(=O)C2. The number of benzene rings is 3. The van der Waals surface area contributed by atoms with Crippen LogP contribution in [0.2, 0.25) is 0 Å². The van der Waals surface area contributed by atoms with Crippen LogP contribution in [0.15, 0.2) is 60.7 Å². The Balaban J connectivity index is 1.53. The van der Waals surface area contributed by atoms with Crippen LogP contribution >= 0.6 is 0 Å². The quantitative estimate of drug-likeness (QED) is 0.299. The summed E-state index contributed by atoms with van der Waals surface area (Å²) in [7, 11) is -1.75. The van der Waals surface area contributed by atoms with Crippen molar-refractivity contribution in [2.45, 2.75) is 50.1 Å². The van der Waals surface area contributed by atoms with Crippen molar-refractivity contribution in [3.8, 4) is 0 Å². The standard InChI is InChI=1S/C31H36F2N2O5S/c1-3-20-4-9-24-18-41(38,39)19-29(27(24)14-20)34-17-30(36)28(15-22-12-25(32)16-26(33)13-22)35-31(37)23-7-5-21(6-8-23)10-11-40-2/h4-9,12-14,16,28-30,34,36H,3,10-11,15,17-19H2,1-2H3,(H,35,37)/t28-,29-,30+/m1/s1. The minimum atomic E-state index is -3.36. The van der Waals surface area contributed by atoms with Crippen molar-refractivity contribution in [3.63, 3.8) is 0 Å². The number of aliphatic hydroxyl groups excluding tert-OH is 1. The summed E-state index contributed by atoms with van der Waals surface area (Å²) < 4.78 is 58.2. The molecule has 10 heteroatoms. The number of carbonyl (C=O) groups is 1. The van der Waals surface area contributed by atoms with Crippen molar-refractivity contribution >= 4 is 15.7 Å². The lowest BCUT2D eigenvalue weighted by Crippen LogP contribution is -2.50. The Morgan fingerprint density at radius 1 is 1.02 bits per heavy atom. The molecule has 1 heterocycles. The Morgan fingerprint density at radius 3 is 2.37 bits per heavy atom. The molecule has 4 rings (SSSR count). The maximum Gasteiger partial charge on any atom is 0.251 e. The second-order valence-corrected chi connectivity index (χ2v) is 12.6. The van der Waals surface area contributed by atoms with Crippen molar-refractivity contribution in [1.29, 1.82) is 0 Å². The molecule has 3 aromatic carbocycles. The highest BCUT2D eigenvalue weighted by atomic mass is 32.2. The van der Waals surface area contributed by atoms with E-state index in [0.29, 0.717) is 18.6 Å². The summed E-state index contributed by atoms with van der Waals surface area (Å²) >= 11 is 0. The van der Waals surface area contributed by atoms with Crippen molar-refractivity contribution in [2.75, 3.05) is 26.0 Å². The molecule has 1 aliphatic heterocycles. The second kappa shape index (κ2) is 13.7. The van der Waals surface area contributed by atoms with Gasteiger partial charge in [-0.05, 0) is 71.3 Å². The highest BCUT2D eigenvalue weighted by Crippen LogP contribution is 2.29. The molecule has 0 unspecified atom stereocenters. The van der Waals surface area contributed by atoms with Crippen LogP contribution in [0.4, 0.5) is 8.78 Å². The molecule has 3 aromatic rings. The summed E-state index contributed by atoms with van der Waals surface area (Å²) in [5.41, 5.74) is 4.28. The van der Waals surface area contributed by atoms with Gasteiger partial charge in [0.05, 0.1) is 30.3 Å². The molecule has 0 aromatic heterocycles. The van der Waals surface area contributed by atoms with Gasteiger partial charge in [0.1, 0.15) is 11.6 Å². The minimum absolute atomic E-state index is 0.0405. The van der Waals surface area contributed by atoms with Gasteiger partial charge >= 0.3 is 0 Å². The van der Waals surface area contributed by atoms with Gasteiger partial charge in [0.2, 0.25) is 0 Å². The number of aryl methyl sites for hydroxylation is 1. The van der Waals surface area contributed by atoms with E-state index in [-0.39, 0.29) is 30.0 Å². The number of aliphatic hydroxyl groups is 1. The van der Waals surface area contributed by atoms with Crippen LogP contribution in [0, 0.1) is 11.6 Å². The van der Waals surface area contributed by atoms with E-state index in [1.165, 1.54) is 0 Å². The summed E-state index contributed by atoms with van der Waals surface area (Å²) in [5, 5.41) is 17.2. The van der Waals surface area contributed by atoms with E-state index in [0.717, 1.165) is 46.9 Å². The molecular formula is C31H36F2N2O5S. The van der Waals surface area contributed by atoms with Crippen LogP contribution in [0.5, 0.6) is 0 Å².